The van der Waals surface area contributed by atoms with Crippen molar-refractivity contribution >= 4 is 0 Å². The quantitative estimate of drug-likeness (QED) is 0.637. The van der Waals surface area contributed by atoms with Gasteiger partial charge in [-0.15, -0.1) is 6.58 Å². The third kappa shape index (κ3) is 2.61. The Kier molecular flexibility index (Phi) is 3.29. The highest BCUT2D eigenvalue weighted by Crippen LogP contribution is 2.36. The highest BCUT2D eigenvalue weighted by atomic mass is 16.5. The van der Waals surface area contributed by atoms with Crippen molar-refractivity contribution in [2.24, 2.45) is 5.92 Å². The van der Waals surface area contributed by atoms with E-state index in [-0.39, 0.29) is 12.2 Å². The predicted octanol–water partition coefficient (Wildman–Crippen LogP) is 1.74. The number of hydrogen-bond donors (Lipinski definition) is 1. The first-order valence-corrected chi connectivity index (χ1v) is 4.50. The van der Waals surface area contributed by atoms with Crippen LogP contribution in [0.15, 0.2) is 12.2 Å². The Morgan fingerprint density at radius 2 is 2.25 bits per heavy atom. The molecule has 0 heterocycles. The van der Waals surface area contributed by atoms with Gasteiger partial charge >= 0.3 is 0 Å². The average Bonchev–Trinajstić information content (AvgIpc) is 2.70. The fourth-order valence-corrected chi connectivity index (χ4v) is 1.56. The SMILES string of the molecule is C=C(C)CC(O)C(OC)C1CC1. The van der Waals surface area contributed by atoms with Gasteiger partial charge in [0.1, 0.15) is 0 Å². The summed E-state index contributed by atoms with van der Waals surface area (Å²) in [4.78, 5) is 0. The lowest BCUT2D eigenvalue weighted by Crippen LogP contribution is -2.30. The lowest BCUT2D eigenvalue weighted by molar-refractivity contribution is -0.0236. The Labute approximate surface area is 74.2 Å². The van der Waals surface area contributed by atoms with E-state index >= 15 is 0 Å². The average molecular weight is 170 g/mol. The molecular formula is C10H18O2. The van der Waals surface area contributed by atoms with Crippen LogP contribution in [0.3, 0.4) is 0 Å². The third-order valence-electron chi connectivity index (χ3n) is 2.30. The lowest BCUT2D eigenvalue weighted by Gasteiger charge is -2.21. The molecule has 0 aromatic carbocycles. The normalized spacial score (nSPS) is 21.9. The molecule has 2 heteroatoms. The molecule has 12 heavy (non-hydrogen) atoms. The summed E-state index contributed by atoms with van der Waals surface area (Å²) in [5.41, 5.74) is 1.02. The van der Waals surface area contributed by atoms with Gasteiger partial charge in [-0.2, -0.15) is 0 Å². The first-order valence-electron chi connectivity index (χ1n) is 4.50. The minimum Gasteiger partial charge on any atom is -0.390 e. The number of ether oxygens (including phenoxy) is 1. The summed E-state index contributed by atoms with van der Waals surface area (Å²) in [5.74, 6) is 0.587. The molecule has 0 aromatic rings. The van der Waals surface area contributed by atoms with Gasteiger partial charge in [-0.05, 0) is 32.1 Å². The summed E-state index contributed by atoms with van der Waals surface area (Å²) in [7, 11) is 1.67. The van der Waals surface area contributed by atoms with Crippen LogP contribution in [0, 0.1) is 5.92 Å². The third-order valence-corrected chi connectivity index (χ3v) is 2.30. The molecule has 1 fully saturated rings. The van der Waals surface area contributed by atoms with Crippen molar-refractivity contribution in [1.82, 2.24) is 0 Å². The zero-order valence-electron chi connectivity index (χ0n) is 7.92. The van der Waals surface area contributed by atoms with Gasteiger partial charge in [0.25, 0.3) is 0 Å². The smallest absolute Gasteiger partial charge is 0.0861 e. The number of aliphatic hydroxyl groups excluding tert-OH is 1. The topological polar surface area (TPSA) is 29.5 Å². The number of aliphatic hydroxyl groups is 1. The van der Waals surface area contributed by atoms with Crippen LogP contribution in [0.1, 0.15) is 26.2 Å². The van der Waals surface area contributed by atoms with Gasteiger partial charge in [0.2, 0.25) is 0 Å². The Bertz CT molecular complexity index is 161. The van der Waals surface area contributed by atoms with Crippen LogP contribution in [0.25, 0.3) is 0 Å². The minimum atomic E-state index is -0.361. The van der Waals surface area contributed by atoms with Crippen molar-refractivity contribution in [3.63, 3.8) is 0 Å². The van der Waals surface area contributed by atoms with Crippen LogP contribution in [0.2, 0.25) is 0 Å². The molecule has 0 aliphatic heterocycles. The van der Waals surface area contributed by atoms with Crippen molar-refractivity contribution in [2.45, 2.75) is 38.4 Å². The fraction of sp³-hybridized carbons (Fsp3) is 0.800. The van der Waals surface area contributed by atoms with E-state index < -0.39 is 0 Å². The van der Waals surface area contributed by atoms with E-state index in [2.05, 4.69) is 6.58 Å². The maximum Gasteiger partial charge on any atom is 0.0861 e. The first-order chi connectivity index (χ1) is 5.65. The second-order valence-electron chi connectivity index (χ2n) is 3.77. The Balaban J connectivity index is 2.35. The molecule has 0 aromatic heterocycles. The summed E-state index contributed by atoms with van der Waals surface area (Å²) in [5, 5.41) is 9.70. The summed E-state index contributed by atoms with van der Waals surface area (Å²) < 4.78 is 5.25. The van der Waals surface area contributed by atoms with Gasteiger partial charge < -0.3 is 9.84 Å². The number of rotatable bonds is 5. The van der Waals surface area contributed by atoms with E-state index in [1.54, 1.807) is 7.11 Å². The molecule has 0 amide bonds. The van der Waals surface area contributed by atoms with E-state index in [0.29, 0.717) is 12.3 Å². The van der Waals surface area contributed by atoms with E-state index in [1.807, 2.05) is 6.92 Å². The predicted molar refractivity (Wildman–Crippen MR) is 49.0 cm³/mol. The molecule has 2 unspecified atom stereocenters. The van der Waals surface area contributed by atoms with Crippen LogP contribution in [-0.4, -0.2) is 24.4 Å². The van der Waals surface area contributed by atoms with Gasteiger partial charge in [-0.1, -0.05) is 5.57 Å². The fourth-order valence-electron chi connectivity index (χ4n) is 1.56. The van der Waals surface area contributed by atoms with Crippen LogP contribution in [0.5, 0.6) is 0 Å². The lowest BCUT2D eigenvalue weighted by atomic mass is 10.0. The highest BCUT2D eigenvalue weighted by Gasteiger charge is 2.35. The molecule has 0 saturated heterocycles. The molecule has 1 N–H and O–H groups in total. The van der Waals surface area contributed by atoms with Crippen LogP contribution < -0.4 is 0 Å². The van der Waals surface area contributed by atoms with Crippen molar-refractivity contribution in [1.29, 1.82) is 0 Å². The second kappa shape index (κ2) is 4.06. The first kappa shape index (κ1) is 9.75. The Morgan fingerprint density at radius 1 is 1.67 bits per heavy atom. The maximum absolute atomic E-state index is 9.70. The number of hydrogen-bond acceptors (Lipinski definition) is 2. The van der Waals surface area contributed by atoms with Crippen molar-refractivity contribution < 1.29 is 9.84 Å². The van der Waals surface area contributed by atoms with Crippen molar-refractivity contribution in [3.05, 3.63) is 12.2 Å². The van der Waals surface area contributed by atoms with Crippen LogP contribution >= 0.6 is 0 Å². The molecule has 1 saturated carbocycles. The molecular weight excluding hydrogens is 152 g/mol. The van der Waals surface area contributed by atoms with Gasteiger partial charge in [0, 0.05) is 7.11 Å². The summed E-state index contributed by atoms with van der Waals surface area (Å²) in [6.45, 7) is 5.71. The minimum absolute atomic E-state index is 0.0294. The van der Waals surface area contributed by atoms with E-state index in [1.165, 1.54) is 12.8 Å². The van der Waals surface area contributed by atoms with E-state index in [0.717, 1.165) is 5.57 Å². The number of methoxy groups -OCH3 is 1. The zero-order valence-corrected chi connectivity index (χ0v) is 7.92. The van der Waals surface area contributed by atoms with Gasteiger partial charge in [-0.3, -0.25) is 0 Å². The molecule has 1 aliphatic rings. The van der Waals surface area contributed by atoms with Gasteiger partial charge in [-0.25, -0.2) is 0 Å². The molecule has 0 radical (unpaired) electrons. The summed E-state index contributed by atoms with van der Waals surface area (Å²) >= 11 is 0. The van der Waals surface area contributed by atoms with Crippen molar-refractivity contribution in [3.8, 4) is 0 Å². The van der Waals surface area contributed by atoms with E-state index in [4.69, 9.17) is 4.74 Å². The second-order valence-corrected chi connectivity index (χ2v) is 3.77. The van der Waals surface area contributed by atoms with Gasteiger partial charge in [0.15, 0.2) is 0 Å². The highest BCUT2D eigenvalue weighted by molar-refractivity contribution is 4.96. The molecule has 2 atom stereocenters. The molecule has 1 rings (SSSR count). The largest absolute Gasteiger partial charge is 0.390 e. The van der Waals surface area contributed by atoms with Gasteiger partial charge in [0.05, 0.1) is 12.2 Å². The van der Waals surface area contributed by atoms with Crippen molar-refractivity contribution in [2.75, 3.05) is 7.11 Å². The summed E-state index contributed by atoms with van der Waals surface area (Å²) in [6.07, 6.45) is 2.73. The zero-order chi connectivity index (χ0) is 9.14. The van der Waals surface area contributed by atoms with Crippen LogP contribution in [-0.2, 0) is 4.74 Å². The molecule has 0 bridgehead atoms. The Hall–Kier alpha value is -0.340. The monoisotopic (exact) mass is 170 g/mol. The maximum atomic E-state index is 9.70. The Morgan fingerprint density at radius 3 is 2.58 bits per heavy atom. The molecule has 2 nitrogen and oxygen atoms in total. The molecule has 0 spiro atoms. The van der Waals surface area contributed by atoms with E-state index in [9.17, 15) is 5.11 Å². The summed E-state index contributed by atoms with van der Waals surface area (Å²) in [6, 6.07) is 0. The van der Waals surface area contributed by atoms with Crippen LogP contribution in [0.4, 0.5) is 0 Å². The standard InChI is InChI=1S/C10H18O2/c1-7(2)6-9(11)10(12-3)8-4-5-8/h8-11H,1,4-6H2,2-3H3. The molecule has 1 aliphatic carbocycles. The molecule has 70 valence electrons.